The summed E-state index contributed by atoms with van der Waals surface area (Å²) in [5.41, 5.74) is -3.07. The maximum atomic E-state index is 13.8. The number of benzene rings is 1. The Balaban J connectivity index is 2.38. The summed E-state index contributed by atoms with van der Waals surface area (Å²) in [6.07, 6.45) is -5.42. The van der Waals surface area contributed by atoms with Crippen molar-refractivity contribution in [1.29, 1.82) is 0 Å². The van der Waals surface area contributed by atoms with Crippen molar-refractivity contribution >= 4 is 30.5 Å². The summed E-state index contributed by atoms with van der Waals surface area (Å²) in [6.45, 7) is 3.75. The molecule has 1 aliphatic heterocycles. The van der Waals surface area contributed by atoms with E-state index in [4.69, 9.17) is 13.9 Å². The maximum Gasteiger partial charge on any atom is 0.416 e. The first-order valence-electron chi connectivity index (χ1n) is 9.70. The number of carbonyl (C=O) groups excluding carboxylic acids is 2. The van der Waals surface area contributed by atoms with Crippen LogP contribution >= 0.6 is 7.60 Å². The van der Waals surface area contributed by atoms with E-state index in [1.807, 2.05) is 0 Å². The number of hydrogen-bond donors (Lipinski definition) is 0. The number of anilines is 1. The van der Waals surface area contributed by atoms with Crippen LogP contribution in [0.5, 0.6) is 0 Å². The normalized spacial score (nSPS) is 22.9. The SMILES string of the molecule is CCON1c2c(cc(C(F)(F)F)cc2[N+](=O)[O-])CC2C(=O)C(=O)C21P(=O)(OCC)OCC. The van der Waals surface area contributed by atoms with Gasteiger partial charge in [-0.3, -0.25) is 29.1 Å². The Kier molecular flexibility index (Phi) is 6.24. The summed E-state index contributed by atoms with van der Waals surface area (Å²) in [5.74, 6) is -3.65. The molecule has 1 aliphatic carbocycles. The summed E-state index contributed by atoms with van der Waals surface area (Å²) in [7, 11) is -4.52. The van der Waals surface area contributed by atoms with E-state index in [0.717, 1.165) is 0 Å². The number of rotatable bonds is 8. The summed E-state index contributed by atoms with van der Waals surface area (Å²) >= 11 is 0. The fraction of sp³-hybridized carbons (Fsp3) is 0.556. The molecule has 14 heteroatoms. The molecular weight excluding hydrogens is 460 g/mol. The highest BCUT2D eigenvalue weighted by atomic mass is 31.2. The van der Waals surface area contributed by atoms with E-state index >= 15 is 0 Å². The monoisotopic (exact) mass is 480 g/mol. The predicted molar refractivity (Wildman–Crippen MR) is 103 cm³/mol. The first-order valence-corrected chi connectivity index (χ1v) is 11.2. The smallest absolute Gasteiger partial charge is 0.307 e. The summed E-state index contributed by atoms with van der Waals surface area (Å²) in [5, 5.41) is 9.96. The zero-order chi connectivity index (χ0) is 24.1. The van der Waals surface area contributed by atoms with Crippen LogP contribution in [-0.4, -0.2) is 41.6 Å². The number of nitro benzene ring substituents is 1. The third-order valence-corrected chi connectivity index (χ3v) is 7.99. The van der Waals surface area contributed by atoms with E-state index in [9.17, 15) is 37.4 Å². The van der Waals surface area contributed by atoms with Gasteiger partial charge in [-0.15, -0.1) is 0 Å². The van der Waals surface area contributed by atoms with Crippen molar-refractivity contribution in [2.75, 3.05) is 24.9 Å². The lowest BCUT2D eigenvalue weighted by Gasteiger charge is -2.55. The highest BCUT2D eigenvalue weighted by Gasteiger charge is 2.79. The number of carbonyl (C=O) groups is 2. The number of halogens is 3. The Hall–Kier alpha value is -2.34. The molecular formula is C18H20F3N2O8P. The van der Waals surface area contributed by atoms with Crippen molar-refractivity contribution in [1.82, 2.24) is 0 Å². The van der Waals surface area contributed by atoms with Gasteiger partial charge in [0.1, 0.15) is 5.69 Å². The maximum absolute atomic E-state index is 13.8. The van der Waals surface area contributed by atoms with Gasteiger partial charge in [0, 0.05) is 6.07 Å². The highest BCUT2D eigenvalue weighted by molar-refractivity contribution is 7.58. The quantitative estimate of drug-likeness (QED) is 0.237. The third-order valence-electron chi connectivity index (χ3n) is 5.26. The molecule has 0 amide bonds. The second kappa shape index (κ2) is 8.22. The molecule has 2 unspecified atom stereocenters. The van der Waals surface area contributed by atoms with Crippen LogP contribution in [0.3, 0.4) is 0 Å². The molecule has 1 saturated carbocycles. The lowest BCUT2D eigenvalue weighted by molar-refractivity contribution is -0.384. The molecule has 10 nitrogen and oxygen atoms in total. The molecule has 0 bridgehead atoms. The van der Waals surface area contributed by atoms with Gasteiger partial charge < -0.3 is 9.05 Å². The molecule has 1 aromatic rings. The molecule has 0 saturated heterocycles. The van der Waals surface area contributed by atoms with Crippen molar-refractivity contribution in [2.45, 2.75) is 38.6 Å². The van der Waals surface area contributed by atoms with Crippen LogP contribution in [0.4, 0.5) is 24.5 Å². The van der Waals surface area contributed by atoms with E-state index in [-0.39, 0.29) is 25.4 Å². The van der Waals surface area contributed by atoms with Crippen molar-refractivity contribution in [2.24, 2.45) is 5.92 Å². The number of Topliss-reactive ketones (excluding diaryl/α,β-unsaturated/α-hetero) is 2. The Labute approximate surface area is 180 Å². The molecule has 32 heavy (non-hydrogen) atoms. The second-order valence-electron chi connectivity index (χ2n) is 6.98. The van der Waals surface area contributed by atoms with Crippen LogP contribution in [-0.2, 0) is 40.6 Å². The van der Waals surface area contributed by atoms with Crippen molar-refractivity contribution in [3.05, 3.63) is 33.4 Å². The number of nitrogens with zero attached hydrogens (tertiary/aromatic N) is 2. The van der Waals surface area contributed by atoms with Crippen molar-refractivity contribution in [3.63, 3.8) is 0 Å². The third kappa shape index (κ3) is 3.26. The van der Waals surface area contributed by atoms with E-state index in [0.29, 0.717) is 17.2 Å². The molecule has 176 valence electrons. The van der Waals surface area contributed by atoms with Crippen LogP contribution in [0.15, 0.2) is 12.1 Å². The van der Waals surface area contributed by atoms with Gasteiger partial charge >= 0.3 is 13.8 Å². The molecule has 0 radical (unpaired) electrons. The molecule has 0 aromatic heterocycles. The van der Waals surface area contributed by atoms with Gasteiger partial charge in [-0.05, 0) is 38.8 Å². The number of nitro groups is 1. The molecule has 3 rings (SSSR count). The number of alkyl halides is 3. The Morgan fingerprint density at radius 1 is 1.19 bits per heavy atom. The largest absolute Gasteiger partial charge is 0.416 e. The van der Waals surface area contributed by atoms with Crippen LogP contribution in [0.25, 0.3) is 0 Å². The van der Waals surface area contributed by atoms with Crippen LogP contribution < -0.4 is 5.06 Å². The molecule has 1 heterocycles. The number of ketones is 2. The number of hydroxylamine groups is 1. The fourth-order valence-electron chi connectivity index (χ4n) is 4.13. The predicted octanol–water partition coefficient (Wildman–Crippen LogP) is 3.66. The van der Waals surface area contributed by atoms with Crippen LogP contribution in [0, 0.1) is 16.0 Å². The van der Waals surface area contributed by atoms with Gasteiger partial charge in [-0.25, -0.2) is 5.06 Å². The van der Waals surface area contributed by atoms with Crippen LogP contribution in [0.1, 0.15) is 31.9 Å². The first kappa shape index (κ1) is 24.3. The Morgan fingerprint density at radius 3 is 2.25 bits per heavy atom. The number of hydrogen-bond acceptors (Lipinski definition) is 9. The highest BCUT2D eigenvalue weighted by Crippen LogP contribution is 2.71. The zero-order valence-electron chi connectivity index (χ0n) is 17.3. The Bertz CT molecular complexity index is 1020. The van der Waals surface area contributed by atoms with Crippen molar-refractivity contribution in [3.8, 4) is 0 Å². The summed E-state index contributed by atoms with van der Waals surface area (Å²) in [4.78, 5) is 41.6. The minimum Gasteiger partial charge on any atom is -0.307 e. The molecule has 2 atom stereocenters. The van der Waals surface area contributed by atoms with Gasteiger partial charge in [0.2, 0.25) is 16.8 Å². The van der Waals surface area contributed by atoms with Gasteiger partial charge in [-0.1, -0.05) is 0 Å². The molecule has 2 aliphatic rings. The topological polar surface area (TPSA) is 125 Å². The summed E-state index contributed by atoms with van der Waals surface area (Å²) in [6, 6.07) is 0.955. The van der Waals surface area contributed by atoms with Gasteiger partial charge in [0.15, 0.2) is 0 Å². The van der Waals surface area contributed by atoms with Gasteiger partial charge in [0.25, 0.3) is 5.69 Å². The van der Waals surface area contributed by atoms with E-state index in [1.165, 1.54) is 20.8 Å². The minimum atomic E-state index is -4.91. The first-order chi connectivity index (χ1) is 14.9. The van der Waals surface area contributed by atoms with Gasteiger partial charge in [-0.2, -0.15) is 13.2 Å². The molecule has 1 fully saturated rings. The lowest BCUT2D eigenvalue weighted by atomic mass is 9.69. The van der Waals surface area contributed by atoms with E-state index in [2.05, 4.69) is 0 Å². The minimum absolute atomic E-state index is 0.199. The average molecular weight is 480 g/mol. The second-order valence-corrected chi connectivity index (χ2v) is 9.17. The summed E-state index contributed by atoms with van der Waals surface area (Å²) < 4.78 is 64.5. The molecule has 0 N–H and O–H groups in total. The molecule has 1 aromatic carbocycles. The average Bonchev–Trinajstić information content (AvgIpc) is 2.71. The fourth-order valence-corrected chi connectivity index (χ4v) is 6.60. The standard InChI is InChI=1S/C18H20F3N2O8P/c1-4-29-22-14-10(7-11(18(19,20)21)9-13(14)23(26)27)8-12-15(24)16(25)17(12,22)32(28,30-5-2)31-6-3/h7,9,12H,4-6,8H2,1-3H3. The zero-order valence-corrected chi connectivity index (χ0v) is 18.2. The van der Waals surface area contributed by atoms with E-state index in [1.54, 1.807) is 0 Å². The van der Waals surface area contributed by atoms with Gasteiger partial charge in [0.05, 0.1) is 36.2 Å². The van der Waals surface area contributed by atoms with Crippen LogP contribution in [0.2, 0.25) is 0 Å². The van der Waals surface area contributed by atoms with E-state index < -0.39 is 64.8 Å². The Morgan fingerprint density at radius 2 is 1.78 bits per heavy atom. The molecule has 0 spiro atoms. The number of fused-ring (bicyclic) bond motifs is 2. The van der Waals surface area contributed by atoms with Crippen molar-refractivity contribution < 1.29 is 46.1 Å². The lowest BCUT2D eigenvalue weighted by Crippen LogP contribution is -2.75.